The minimum Gasteiger partial charge on any atom is -0.489 e. The molecule has 1 aliphatic heterocycles. The lowest BCUT2D eigenvalue weighted by Crippen LogP contribution is -2.43. The fourth-order valence-corrected chi connectivity index (χ4v) is 5.12. The van der Waals surface area contributed by atoms with Crippen LogP contribution in [0.4, 0.5) is 0 Å². The van der Waals surface area contributed by atoms with Crippen molar-refractivity contribution in [2.45, 2.75) is 57.1 Å². The van der Waals surface area contributed by atoms with Crippen molar-refractivity contribution in [2.75, 3.05) is 19.6 Å². The topological polar surface area (TPSA) is 54.5 Å². The number of hydrogen-bond donors (Lipinski definition) is 1. The summed E-state index contributed by atoms with van der Waals surface area (Å²) in [6.07, 6.45) is 8.29. The summed E-state index contributed by atoms with van der Waals surface area (Å²) in [7, 11) is 0. The van der Waals surface area contributed by atoms with Gasteiger partial charge in [-0.15, -0.1) is 11.3 Å². The SMILES string of the molecule is O=C(NCCc1cscn1)c1cc(Cl)ccc1OC1CCN(C2CCCC2)CC1. The van der Waals surface area contributed by atoms with Gasteiger partial charge in [-0.25, -0.2) is 4.98 Å². The minimum atomic E-state index is -0.152. The third-order valence-corrected chi connectivity index (χ3v) is 6.82. The van der Waals surface area contributed by atoms with E-state index in [1.54, 1.807) is 29.0 Å². The normalized spacial score (nSPS) is 18.8. The van der Waals surface area contributed by atoms with Gasteiger partial charge in [-0.3, -0.25) is 4.79 Å². The number of nitrogens with one attached hydrogen (secondary N) is 1. The molecule has 2 heterocycles. The van der Waals surface area contributed by atoms with Crippen molar-refractivity contribution in [3.8, 4) is 5.75 Å². The summed E-state index contributed by atoms with van der Waals surface area (Å²) in [5.74, 6) is 0.473. The molecule has 5 nitrogen and oxygen atoms in total. The number of carbonyl (C=O) groups excluding carboxylic acids is 1. The molecule has 0 atom stereocenters. The Kier molecular flexibility index (Phi) is 7.06. The Morgan fingerprint density at radius 3 is 2.76 bits per heavy atom. The number of aromatic nitrogens is 1. The van der Waals surface area contributed by atoms with Gasteiger partial charge in [0, 0.05) is 42.5 Å². The molecule has 1 amide bonds. The Morgan fingerprint density at radius 2 is 2.03 bits per heavy atom. The number of hydrogen-bond acceptors (Lipinski definition) is 5. The van der Waals surface area contributed by atoms with Gasteiger partial charge in [-0.05, 0) is 43.9 Å². The number of nitrogens with zero attached hydrogens (tertiary/aromatic N) is 2. The maximum Gasteiger partial charge on any atom is 0.255 e. The maximum atomic E-state index is 12.7. The van der Waals surface area contributed by atoms with E-state index in [1.165, 1.54) is 25.7 Å². The number of carbonyl (C=O) groups is 1. The Morgan fingerprint density at radius 1 is 1.24 bits per heavy atom. The van der Waals surface area contributed by atoms with Gasteiger partial charge in [0.2, 0.25) is 0 Å². The molecule has 29 heavy (non-hydrogen) atoms. The average molecular weight is 434 g/mol. The van der Waals surface area contributed by atoms with E-state index in [-0.39, 0.29) is 12.0 Å². The second-order valence-corrected chi connectivity index (χ2v) is 9.07. The Labute approximate surface area is 181 Å². The molecule has 0 spiro atoms. The fraction of sp³-hybridized carbons (Fsp3) is 0.545. The quantitative estimate of drug-likeness (QED) is 0.695. The van der Waals surface area contributed by atoms with Crippen molar-refractivity contribution in [3.63, 3.8) is 0 Å². The third-order valence-electron chi connectivity index (χ3n) is 5.95. The molecule has 1 saturated carbocycles. The van der Waals surface area contributed by atoms with Crippen molar-refractivity contribution >= 4 is 28.8 Å². The summed E-state index contributed by atoms with van der Waals surface area (Å²) in [6.45, 7) is 2.70. The summed E-state index contributed by atoms with van der Waals surface area (Å²) >= 11 is 7.72. The van der Waals surface area contributed by atoms with Gasteiger partial charge in [-0.1, -0.05) is 24.4 Å². The van der Waals surface area contributed by atoms with E-state index in [0.717, 1.165) is 37.7 Å². The molecule has 1 aromatic heterocycles. The highest BCUT2D eigenvalue weighted by molar-refractivity contribution is 7.07. The van der Waals surface area contributed by atoms with Crippen LogP contribution < -0.4 is 10.1 Å². The van der Waals surface area contributed by atoms with Crippen LogP contribution in [0.5, 0.6) is 5.75 Å². The molecular weight excluding hydrogens is 406 g/mol. The molecular formula is C22H28ClN3O2S. The van der Waals surface area contributed by atoms with Gasteiger partial charge in [0.15, 0.2) is 0 Å². The zero-order chi connectivity index (χ0) is 20.1. The Balaban J connectivity index is 1.33. The molecule has 1 aromatic carbocycles. The number of amides is 1. The van der Waals surface area contributed by atoms with Crippen LogP contribution >= 0.6 is 22.9 Å². The first-order chi connectivity index (χ1) is 14.2. The van der Waals surface area contributed by atoms with Crippen LogP contribution in [0.15, 0.2) is 29.1 Å². The molecule has 0 unspecified atom stereocenters. The molecule has 156 valence electrons. The van der Waals surface area contributed by atoms with Crippen molar-refractivity contribution < 1.29 is 9.53 Å². The lowest BCUT2D eigenvalue weighted by atomic mass is 10.0. The van der Waals surface area contributed by atoms with Crippen molar-refractivity contribution in [1.82, 2.24) is 15.2 Å². The smallest absolute Gasteiger partial charge is 0.255 e. The number of ether oxygens (including phenoxy) is 1. The van der Waals surface area contributed by atoms with E-state index in [2.05, 4.69) is 15.2 Å². The number of benzene rings is 1. The van der Waals surface area contributed by atoms with Crippen molar-refractivity contribution in [2.24, 2.45) is 0 Å². The van der Waals surface area contributed by atoms with Gasteiger partial charge < -0.3 is 15.0 Å². The highest BCUT2D eigenvalue weighted by Crippen LogP contribution is 2.29. The van der Waals surface area contributed by atoms with Crippen LogP contribution in [0.1, 0.15) is 54.6 Å². The van der Waals surface area contributed by atoms with Crippen LogP contribution in [0.25, 0.3) is 0 Å². The average Bonchev–Trinajstić information content (AvgIpc) is 3.44. The minimum absolute atomic E-state index is 0.149. The Hall–Kier alpha value is -1.63. The van der Waals surface area contributed by atoms with E-state index in [4.69, 9.17) is 16.3 Å². The van der Waals surface area contributed by atoms with Crippen LogP contribution in [-0.2, 0) is 6.42 Å². The third kappa shape index (κ3) is 5.50. The number of likely N-dealkylation sites (tertiary alicyclic amines) is 1. The van der Waals surface area contributed by atoms with E-state index in [9.17, 15) is 4.79 Å². The second kappa shape index (κ2) is 9.92. The van der Waals surface area contributed by atoms with E-state index in [0.29, 0.717) is 29.3 Å². The maximum absolute atomic E-state index is 12.7. The monoisotopic (exact) mass is 433 g/mol. The number of piperidine rings is 1. The largest absolute Gasteiger partial charge is 0.489 e. The first-order valence-electron chi connectivity index (χ1n) is 10.5. The predicted octanol–water partition coefficient (Wildman–Crippen LogP) is 4.55. The summed E-state index contributed by atoms with van der Waals surface area (Å²) in [5, 5.41) is 5.50. The molecule has 1 aliphatic carbocycles. The molecule has 1 saturated heterocycles. The van der Waals surface area contributed by atoms with E-state index in [1.807, 2.05) is 11.4 Å². The van der Waals surface area contributed by atoms with E-state index >= 15 is 0 Å². The predicted molar refractivity (Wildman–Crippen MR) is 117 cm³/mol. The molecule has 7 heteroatoms. The summed E-state index contributed by atoms with van der Waals surface area (Å²) in [4.78, 5) is 19.6. The highest BCUT2D eigenvalue weighted by Gasteiger charge is 2.28. The van der Waals surface area contributed by atoms with Crippen LogP contribution in [0, 0.1) is 0 Å². The Bertz CT molecular complexity index is 800. The molecule has 0 radical (unpaired) electrons. The molecule has 1 N–H and O–H groups in total. The summed E-state index contributed by atoms with van der Waals surface area (Å²) in [6, 6.07) is 6.07. The first-order valence-corrected chi connectivity index (χ1v) is 11.9. The number of rotatable bonds is 7. The summed E-state index contributed by atoms with van der Waals surface area (Å²) in [5.41, 5.74) is 3.30. The van der Waals surface area contributed by atoms with E-state index < -0.39 is 0 Å². The molecule has 2 aromatic rings. The van der Waals surface area contributed by atoms with Gasteiger partial charge in [0.05, 0.1) is 16.8 Å². The summed E-state index contributed by atoms with van der Waals surface area (Å²) < 4.78 is 6.27. The molecule has 2 fully saturated rings. The number of thiazole rings is 1. The van der Waals surface area contributed by atoms with Crippen LogP contribution in [0.3, 0.4) is 0 Å². The molecule has 0 bridgehead atoms. The fourth-order valence-electron chi connectivity index (χ4n) is 4.35. The second-order valence-electron chi connectivity index (χ2n) is 7.92. The standard InChI is InChI=1S/C22H28ClN3O2S/c23-16-5-6-21(20(13-16)22(27)24-10-7-17-14-29-15-25-17)28-19-8-11-26(12-9-19)18-3-1-2-4-18/h5-6,13-15,18-19H,1-4,7-12H2,(H,24,27). The number of halogens is 1. The van der Waals surface area contributed by atoms with Crippen LogP contribution in [0.2, 0.25) is 5.02 Å². The lowest BCUT2D eigenvalue weighted by molar-refractivity contribution is 0.0750. The van der Waals surface area contributed by atoms with Crippen molar-refractivity contribution in [1.29, 1.82) is 0 Å². The van der Waals surface area contributed by atoms with Gasteiger partial charge in [0.25, 0.3) is 5.91 Å². The molecule has 4 rings (SSSR count). The zero-order valence-corrected chi connectivity index (χ0v) is 18.2. The highest BCUT2D eigenvalue weighted by atomic mass is 35.5. The van der Waals surface area contributed by atoms with Gasteiger partial charge >= 0.3 is 0 Å². The van der Waals surface area contributed by atoms with Gasteiger partial charge in [0.1, 0.15) is 11.9 Å². The lowest BCUT2D eigenvalue weighted by Gasteiger charge is -2.36. The van der Waals surface area contributed by atoms with Gasteiger partial charge in [-0.2, -0.15) is 0 Å². The van der Waals surface area contributed by atoms with Crippen LogP contribution in [-0.4, -0.2) is 47.6 Å². The zero-order valence-electron chi connectivity index (χ0n) is 16.6. The first kappa shape index (κ1) is 20.6. The molecule has 2 aliphatic rings. The van der Waals surface area contributed by atoms with Crippen molar-refractivity contribution in [3.05, 3.63) is 45.4 Å².